The van der Waals surface area contributed by atoms with Gasteiger partial charge in [0.25, 0.3) is 0 Å². The number of nitrogens with two attached hydrogens (primary N) is 1. The Morgan fingerprint density at radius 2 is 1.94 bits per heavy atom. The molecule has 0 spiro atoms. The number of nitrogen functional groups attached to an aromatic ring is 1. The summed E-state index contributed by atoms with van der Waals surface area (Å²) in [7, 11) is 0. The van der Waals surface area contributed by atoms with Crippen molar-refractivity contribution < 1.29 is 4.74 Å². The maximum Gasteiger partial charge on any atom is 0.237 e. The number of benzene rings is 1. The highest BCUT2D eigenvalue weighted by Crippen LogP contribution is 2.22. The van der Waals surface area contributed by atoms with Gasteiger partial charge in [0.15, 0.2) is 0 Å². The van der Waals surface area contributed by atoms with Crippen molar-refractivity contribution in [2.75, 3.05) is 5.73 Å². The largest absolute Gasteiger partial charge is 0.471 e. The molecule has 0 radical (unpaired) electrons. The fraction of sp³-hybridized carbons (Fsp3) is 0.154. The minimum Gasteiger partial charge on any atom is -0.471 e. The summed E-state index contributed by atoms with van der Waals surface area (Å²) in [5, 5.41) is 0.710. The lowest BCUT2D eigenvalue weighted by Crippen LogP contribution is -2.01. The SMILES string of the molecule is Cc1ccnc(OCc2ccc(Cl)cc2)c1N. The number of rotatable bonds is 3. The van der Waals surface area contributed by atoms with Crippen LogP contribution < -0.4 is 10.5 Å². The Labute approximate surface area is 105 Å². The molecule has 0 atom stereocenters. The molecule has 1 heterocycles. The normalized spacial score (nSPS) is 10.2. The van der Waals surface area contributed by atoms with Gasteiger partial charge in [-0.25, -0.2) is 4.98 Å². The van der Waals surface area contributed by atoms with E-state index < -0.39 is 0 Å². The summed E-state index contributed by atoms with van der Waals surface area (Å²) in [6.45, 7) is 2.35. The zero-order valence-corrected chi connectivity index (χ0v) is 10.2. The van der Waals surface area contributed by atoms with Gasteiger partial charge in [0.1, 0.15) is 6.61 Å². The van der Waals surface area contributed by atoms with Crippen molar-refractivity contribution in [2.24, 2.45) is 0 Å². The molecule has 2 rings (SSSR count). The number of nitrogens with zero attached hydrogens (tertiary/aromatic N) is 1. The molecule has 88 valence electrons. The van der Waals surface area contributed by atoms with Crippen molar-refractivity contribution in [1.29, 1.82) is 0 Å². The number of aryl methyl sites for hydroxylation is 1. The van der Waals surface area contributed by atoms with Gasteiger partial charge in [-0.2, -0.15) is 0 Å². The van der Waals surface area contributed by atoms with Crippen LogP contribution in [0.3, 0.4) is 0 Å². The second kappa shape index (κ2) is 5.06. The predicted molar refractivity (Wildman–Crippen MR) is 69.2 cm³/mol. The lowest BCUT2D eigenvalue weighted by molar-refractivity contribution is 0.295. The van der Waals surface area contributed by atoms with Crippen LogP contribution >= 0.6 is 11.6 Å². The van der Waals surface area contributed by atoms with E-state index in [0.29, 0.717) is 23.2 Å². The van der Waals surface area contributed by atoms with Gasteiger partial charge in [-0.1, -0.05) is 23.7 Å². The minimum atomic E-state index is 0.428. The van der Waals surface area contributed by atoms with Crippen molar-refractivity contribution in [3.05, 3.63) is 52.7 Å². The molecular formula is C13H13ClN2O. The van der Waals surface area contributed by atoms with Crippen LogP contribution in [-0.2, 0) is 6.61 Å². The molecule has 0 amide bonds. The highest BCUT2D eigenvalue weighted by molar-refractivity contribution is 6.30. The molecule has 0 aliphatic carbocycles. The number of halogens is 1. The van der Waals surface area contributed by atoms with E-state index in [1.165, 1.54) is 0 Å². The van der Waals surface area contributed by atoms with Crippen molar-refractivity contribution in [3.63, 3.8) is 0 Å². The molecule has 3 nitrogen and oxygen atoms in total. The summed E-state index contributed by atoms with van der Waals surface area (Å²) in [4.78, 5) is 4.10. The summed E-state index contributed by atoms with van der Waals surface area (Å²) in [5.41, 5.74) is 8.44. The van der Waals surface area contributed by atoms with Crippen molar-refractivity contribution >= 4 is 17.3 Å². The van der Waals surface area contributed by atoms with Crippen molar-refractivity contribution in [2.45, 2.75) is 13.5 Å². The molecule has 1 aromatic heterocycles. The molecule has 2 N–H and O–H groups in total. The third-order valence-electron chi connectivity index (χ3n) is 2.46. The van der Waals surface area contributed by atoms with E-state index in [1.807, 2.05) is 37.3 Å². The highest BCUT2D eigenvalue weighted by atomic mass is 35.5. The van der Waals surface area contributed by atoms with E-state index in [4.69, 9.17) is 22.1 Å². The molecule has 4 heteroatoms. The summed E-state index contributed by atoms with van der Waals surface area (Å²) < 4.78 is 5.56. The third-order valence-corrected chi connectivity index (χ3v) is 2.71. The third kappa shape index (κ3) is 2.88. The number of ether oxygens (including phenoxy) is 1. The van der Waals surface area contributed by atoms with E-state index in [-0.39, 0.29) is 0 Å². The Bertz CT molecular complexity index is 511. The first-order valence-electron chi connectivity index (χ1n) is 5.25. The van der Waals surface area contributed by atoms with Crippen LogP contribution in [0.15, 0.2) is 36.5 Å². The van der Waals surface area contributed by atoms with Crippen molar-refractivity contribution in [1.82, 2.24) is 4.98 Å². The maximum atomic E-state index is 5.86. The lowest BCUT2D eigenvalue weighted by atomic mass is 10.2. The summed E-state index contributed by atoms with van der Waals surface area (Å²) in [6.07, 6.45) is 1.68. The van der Waals surface area contributed by atoms with E-state index in [0.717, 1.165) is 11.1 Å². The van der Waals surface area contributed by atoms with Gasteiger partial charge in [0, 0.05) is 11.2 Å². The average molecular weight is 249 g/mol. The summed E-state index contributed by atoms with van der Waals surface area (Å²) >= 11 is 5.80. The standard InChI is InChI=1S/C13H13ClN2O/c1-9-6-7-16-13(12(9)15)17-8-10-2-4-11(14)5-3-10/h2-7H,8,15H2,1H3. The van der Waals surface area contributed by atoms with Crippen molar-refractivity contribution in [3.8, 4) is 5.88 Å². The van der Waals surface area contributed by atoms with E-state index >= 15 is 0 Å². The number of anilines is 1. The molecule has 0 unspecified atom stereocenters. The second-order valence-electron chi connectivity index (χ2n) is 3.76. The number of hydrogen-bond donors (Lipinski definition) is 1. The minimum absolute atomic E-state index is 0.428. The van der Waals surface area contributed by atoms with Crippen LogP contribution in [0.25, 0.3) is 0 Å². The van der Waals surface area contributed by atoms with Gasteiger partial charge in [0.2, 0.25) is 5.88 Å². The molecule has 0 bridgehead atoms. The van der Waals surface area contributed by atoms with Crippen LogP contribution in [0.1, 0.15) is 11.1 Å². The van der Waals surface area contributed by atoms with Gasteiger partial charge >= 0.3 is 0 Å². The highest BCUT2D eigenvalue weighted by Gasteiger charge is 2.04. The Morgan fingerprint density at radius 3 is 2.65 bits per heavy atom. The Morgan fingerprint density at radius 1 is 1.24 bits per heavy atom. The summed E-state index contributed by atoms with van der Waals surface area (Å²) in [5.74, 6) is 0.472. The van der Waals surface area contributed by atoms with Crippen LogP contribution in [0.4, 0.5) is 5.69 Å². The first-order chi connectivity index (χ1) is 8.16. The maximum absolute atomic E-state index is 5.86. The fourth-order valence-corrected chi connectivity index (χ4v) is 1.52. The van der Waals surface area contributed by atoms with E-state index in [2.05, 4.69) is 4.98 Å². The molecule has 0 saturated heterocycles. The van der Waals surface area contributed by atoms with Crippen LogP contribution in [-0.4, -0.2) is 4.98 Å². The predicted octanol–water partition coefficient (Wildman–Crippen LogP) is 3.20. The van der Waals surface area contributed by atoms with Crippen LogP contribution in [0.2, 0.25) is 5.02 Å². The Hall–Kier alpha value is -1.74. The van der Waals surface area contributed by atoms with E-state index in [1.54, 1.807) is 6.20 Å². The monoisotopic (exact) mass is 248 g/mol. The molecule has 1 aromatic carbocycles. The van der Waals surface area contributed by atoms with E-state index in [9.17, 15) is 0 Å². The van der Waals surface area contributed by atoms with Crippen LogP contribution in [0, 0.1) is 6.92 Å². The molecule has 0 aliphatic rings. The smallest absolute Gasteiger partial charge is 0.237 e. The Balaban J connectivity index is 2.07. The first-order valence-corrected chi connectivity index (χ1v) is 5.63. The second-order valence-corrected chi connectivity index (χ2v) is 4.20. The first kappa shape index (κ1) is 11.7. The van der Waals surface area contributed by atoms with Gasteiger partial charge in [-0.05, 0) is 36.2 Å². The van der Waals surface area contributed by atoms with Gasteiger partial charge < -0.3 is 10.5 Å². The number of aromatic nitrogens is 1. The number of hydrogen-bond acceptors (Lipinski definition) is 3. The van der Waals surface area contributed by atoms with Gasteiger partial charge in [0.05, 0.1) is 5.69 Å². The molecule has 0 fully saturated rings. The Kier molecular flexibility index (Phi) is 3.49. The summed E-state index contributed by atoms with van der Waals surface area (Å²) in [6, 6.07) is 9.33. The van der Waals surface area contributed by atoms with Crippen LogP contribution in [0.5, 0.6) is 5.88 Å². The molecule has 0 aliphatic heterocycles. The van der Waals surface area contributed by atoms with Gasteiger partial charge in [-0.15, -0.1) is 0 Å². The zero-order valence-electron chi connectivity index (χ0n) is 9.48. The lowest BCUT2D eigenvalue weighted by Gasteiger charge is -2.09. The van der Waals surface area contributed by atoms with Gasteiger partial charge in [-0.3, -0.25) is 0 Å². The zero-order chi connectivity index (χ0) is 12.3. The quantitative estimate of drug-likeness (QED) is 0.907. The molecular weight excluding hydrogens is 236 g/mol. The molecule has 17 heavy (non-hydrogen) atoms. The number of pyridine rings is 1. The average Bonchev–Trinajstić information content (AvgIpc) is 2.33. The molecule has 0 saturated carbocycles. The topological polar surface area (TPSA) is 48.1 Å². The fourth-order valence-electron chi connectivity index (χ4n) is 1.39. The molecule has 2 aromatic rings.